The molecule has 0 N–H and O–H groups in total. The Morgan fingerprint density at radius 3 is 2.18 bits per heavy atom. The van der Waals surface area contributed by atoms with Gasteiger partial charge in [-0.05, 0) is 24.2 Å². The van der Waals surface area contributed by atoms with E-state index in [1.165, 1.54) is 0 Å². The molecule has 0 amide bonds. The highest BCUT2D eigenvalue weighted by atomic mass is 19.4. The van der Waals surface area contributed by atoms with Crippen LogP contribution < -0.4 is 0 Å². The van der Waals surface area contributed by atoms with Crippen LogP contribution >= 0.6 is 0 Å². The molecule has 0 radical (unpaired) electrons. The number of Topliss-reactive ketones (excluding diaryl/α,β-unsaturated/α-hetero) is 2. The SMILES string of the molecule is CC1(C)[C@@H]2CC[C@]1(C)C(=O)[C@@H]2C(=O)C(F)(F)F. The molecule has 2 saturated carbocycles. The molecule has 5 heteroatoms. The van der Waals surface area contributed by atoms with Gasteiger partial charge in [0.25, 0.3) is 0 Å². The van der Waals surface area contributed by atoms with Crippen LogP contribution in [0.1, 0.15) is 33.6 Å². The fraction of sp³-hybridized carbons (Fsp3) is 0.833. The van der Waals surface area contributed by atoms with Crippen LogP contribution in [0.25, 0.3) is 0 Å². The maximum Gasteiger partial charge on any atom is 0.450 e. The van der Waals surface area contributed by atoms with Crippen molar-refractivity contribution in [3.05, 3.63) is 0 Å². The molecule has 0 spiro atoms. The lowest BCUT2D eigenvalue weighted by atomic mass is 9.70. The molecule has 2 rings (SSSR count). The summed E-state index contributed by atoms with van der Waals surface area (Å²) in [6.07, 6.45) is -3.79. The van der Waals surface area contributed by atoms with Gasteiger partial charge >= 0.3 is 6.18 Å². The molecule has 0 aromatic rings. The molecule has 2 bridgehead atoms. The molecule has 2 aliphatic carbocycles. The topological polar surface area (TPSA) is 34.1 Å². The van der Waals surface area contributed by atoms with E-state index in [1.807, 2.05) is 0 Å². The largest absolute Gasteiger partial charge is 0.450 e. The van der Waals surface area contributed by atoms with Crippen molar-refractivity contribution in [2.45, 2.75) is 39.8 Å². The zero-order chi connectivity index (χ0) is 13.2. The number of ketones is 2. The quantitative estimate of drug-likeness (QED) is 0.669. The lowest BCUT2D eigenvalue weighted by Gasteiger charge is -2.32. The number of carbonyl (C=O) groups excluding carboxylic acids is 2. The van der Waals surface area contributed by atoms with E-state index in [0.29, 0.717) is 12.8 Å². The molecule has 0 unspecified atom stereocenters. The second kappa shape index (κ2) is 3.12. The molecule has 2 nitrogen and oxygen atoms in total. The molecule has 3 atom stereocenters. The third kappa shape index (κ3) is 1.34. The highest BCUT2D eigenvalue weighted by Gasteiger charge is 2.70. The molecule has 2 fully saturated rings. The van der Waals surface area contributed by atoms with E-state index in [0.717, 1.165) is 0 Å². The monoisotopic (exact) mass is 248 g/mol. The van der Waals surface area contributed by atoms with Gasteiger partial charge in [-0.2, -0.15) is 13.2 Å². The average molecular weight is 248 g/mol. The third-order valence-electron chi connectivity index (χ3n) is 5.09. The van der Waals surface area contributed by atoms with Crippen molar-refractivity contribution in [3.8, 4) is 0 Å². The van der Waals surface area contributed by atoms with E-state index in [4.69, 9.17) is 0 Å². The van der Waals surface area contributed by atoms with E-state index < -0.39 is 40.4 Å². The Labute approximate surface area is 97.6 Å². The maximum absolute atomic E-state index is 12.5. The molecule has 96 valence electrons. The van der Waals surface area contributed by atoms with Crippen LogP contribution in [0.2, 0.25) is 0 Å². The first kappa shape index (κ1) is 12.6. The molecule has 0 aromatic heterocycles. The van der Waals surface area contributed by atoms with Gasteiger partial charge in [-0.1, -0.05) is 20.8 Å². The fourth-order valence-corrected chi connectivity index (χ4v) is 3.56. The summed E-state index contributed by atoms with van der Waals surface area (Å²) in [5.74, 6) is -4.30. The Balaban J connectivity index is 2.42. The maximum atomic E-state index is 12.5. The first-order valence-corrected chi connectivity index (χ1v) is 5.69. The van der Waals surface area contributed by atoms with Crippen LogP contribution in [0.5, 0.6) is 0 Å². The minimum Gasteiger partial charge on any atom is -0.298 e. The zero-order valence-corrected chi connectivity index (χ0v) is 10.0. The first-order valence-electron chi connectivity index (χ1n) is 5.69. The van der Waals surface area contributed by atoms with Gasteiger partial charge in [0.05, 0.1) is 5.92 Å². The van der Waals surface area contributed by atoms with Crippen molar-refractivity contribution >= 4 is 11.6 Å². The Morgan fingerprint density at radius 1 is 1.29 bits per heavy atom. The number of rotatable bonds is 1. The van der Waals surface area contributed by atoms with Crippen molar-refractivity contribution in [2.75, 3.05) is 0 Å². The Bertz CT molecular complexity index is 397. The second-order valence-electron chi connectivity index (χ2n) is 5.90. The van der Waals surface area contributed by atoms with Gasteiger partial charge in [-0.15, -0.1) is 0 Å². The predicted molar refractivity (Wildman–Crippen MR) is 54.2 cm³/mol. The van der Waals surface area contributed by atoms with E-state index in [2.05, 4.69) is 0 Å². The van der Waals surface area contributed by atoms with Gasteiger partial charge in [0, 0.05) is 5.41 Å². The number of halogens is 3. The van der Waals surface area contributed by atoms with Gasteiger partial charge in [-0.25, -0.2) is 0 Å². The predicted octanol–water partition coefficient (Wildman–Crippen LogP) is 2.76. The van der Waals surface area contributed by atoms with Gasteiger partial charge in [-0.3, -0.25) is 9.59 Å². The lowest BCUT2D eigenvalue weighted by Crippen LogP contribution is -2.40. The van der Waals surface area contributed by atoms with E-state index in [-0.39, 0.29) is 0 Å². The van der Waals surface area contributed by atoms with Crippen LogP contribution in [0.15, 0.2) is 0 Å². The Morgan fingerprint density at radius 2 is 1.82 bits per heavy atom. The Hall–Kier alpha value is -0.870. The number of hydrogen-bond acceptors (Lipinski definition) is 2. The summed E-state index contributed by atoms with van der Waals surface area (Å²) in [5.41, 5.74) is -1.29. The highest BCUT2D eigenvalue weighted by molar-refractivity contribution is 6.09. The second-order valence-corrected chi connectivity index (χ2v) is 5.90. The summed E-state index contributed by atoms with van der Waals surface area (Å²) < 4.78 is 37.4. The smallest absolute Gasteiger partial charge is 0.298 e. The van der Waals surface area contributed by atoms with Gasteiger partial charge in [0.15, 0.2) is 0 Å². The van der Waals surface area contributed by atoms with Crippen LogP contribution in [0.4, 0.5) is 13.2 Å². The lowest BCUT2D eigenvalue weighted by molar-refractivity contribution is -0.178. The van der Waals surface area contributed by atoms with Crippen LogP contribution in [-0.2, 0) is 9.59 Å². The van der Waals surface area contributed by atoms with Gasteiger partial charge in [0.1, 0.15) is 5.78 Å². The van der Waals surface area contributed by atoms with Crippen molar-refractivity contribution in [1.29, 1.82) is 0 Å². The fourth-order valence-electron chi connectivity index (χ4n) is 3.56. The normalized spacial score (nSPS) is 39.8. The minimum absolute atomic E-state index is 0.464. The molecule has 2 aliphatic rings. The summed E-state index contributed by atoms with van der Waals surface area (Å²) in [6, 6.07) is 0. The first-order chi connectivity index (χ1) is 7.53. The van der Waals surface area contributed by atoms with Crippen molar-refractivity contribution in [1.82, 2.24) is 0 Å². The Kier molecular flexibility index (Phi) is 2.31. The molecular formula is C12H15F3O2. The van der Waals surface area contributed by atoms with Crippen molar-refractivity contribution in [2.24, 2.45) is 22.7 Å². The molecule has 17 heavy (non-hydrogen) atoms. The molecule has 0 heterocycles. The molecular weight excluding hydrogens is 233 g/mol. The summed E-state index contributed by atoms with van der Waals surface area (Å²) >= 11 is 0. The minimum atomic E-state index is -4.91. The highest BCUT2D eigenvalue weighted by Crippen LogP contribution is 2.66. The van der Waals surface area contributed by atoms with Crippen LogP contribution in [0, 0.1) is 22.7 Å². The third-order valence-corrected chi connectivity index (χ3v) is 5.09. The average Bonchev–Trinajstić information content (AvgIpc) is 2.47. The van der Waals surface area contributed by atoms with Crippen LogP contribution in [-0.4, -0.2) is 17.7 Å². The zero-order valence-electron chi connectivity index (χ0n) is 10.0. The number of carbonyl (C=O) groups is 2. The summed E-state index contributed by atoms with van der Waals surface area (Å²) in [7, 11) is 0. The summed E-state index contributed by atoms with van der Waals surface area (Å²) in [4.78, 5) is 23.4. The molecule has 0 aliphatic heterocycles. The standard InChI is InChI=1S/C12H15F3O2/c1-10(2)6-4-5-11(10,3)8(16)7(6)9(17)12(13,14)15/h6-7H,4-5H2,1-3H3/t6-,7-,11-/m1/s1. The molecule has 0 aromatic carbocycles. The molecule has 0 saturated heterocycles. The summed E-state index contributed by atoms with van der Waals surface area (Å²) in [5, 5.41) is 0. The van der Waals surface area contributed by atoms with Gasteiger partial charge in [0.2, 0.25) is 5.78 Å². The van der Waals surface area contributed by atoms with Crippen molar-refractivity contribution in [3.63, 3.8) is 0 Å². The van der Waals surface area contributed by atoms with E-state index >= 15 is 0 Å². The van der Waals surface area contributed by atoms with Crippen molar-refractivity contribution < 1.29 is 22.8 Å². The van der Waals surface area contributed by atoms with E-state index in [9.17, 15) is 22.8 Å². The number of alkyl halides is 3. The van der Waals surface area contributed by atoms with Gasteiger partial charge < -0.3 is 0 Å². The number of hydrogen-bond donors (Lipinski definition) is 0. The van der Waals surface area contributed by atoms with Crippen LogP contribution in [0.3, 0.4) is 0 Å². The summed E-state index contributed by atoms with van der Waals surface area (Å²) in [6.45, 7) is 5.29. The number of fused-ring (bicyclic) bond motifs is 2. The van der Waals surface area contributed by atoms with E-state index in [1.54, 1.807) is 20.8 Å².